The lowest BCUT2D eigenvalue weighted by Gasteiger charge is -2.34. The first-order chi connectivity index (χ1) is 12.5. The van der Waals surface area contributed by atoms with Crippen LogP contribution in [0.15, 0.2) is 24.3 Å². The van der Waals surface area contributed by atoms with Crippen molar-refractivity contribution in [1.29, 1.82) is 0 Å². The van der Waals surface area contributed by atoms with E-state index in [1.54, 1.807) is 0 Å². The van der Waals surface area contributed by atoms with Gasteiger partial charge in [0.15, 0.2) is 0 Å². The largest absolute Gasteiger partial charge is 0.379 e. The van der Waals surface area contributed by atoms with Gasteiger partial charge in [0.05, 0.1) is 6.10 Å². The second kappa shape index (κ2) is 10.1. The number of hydrogen-bond donors (Lipinski definition) is 2. The van der Waals surface area contributed by atoms with Crippen LogP contribution in [0.1, 0.15) is 20.3 Å². The van der Waals surface area contributed by atoms with Crippen LogP contribution in [-0.4, -0.2) is 69.2 Å². The minimum absolute atomic E-state index is 0.169. The van der Waals surface area contributed by atoms with Gasteiger partial charge in [-0.15, -0.1) is 0 Å². The number of nitrogens with one attached hydrogen (secondary N) is 2. The lowest BCUT2D eigenvalue weighted by Crippen LogP contribution is -2.44. The van der Waals surface area contributed by atoms with Gasteiger partial charge >= 0.3 is 11.8 Å². The van der Waals surface area contributed by atoms with E-state index >= 15 is 0 Å². The number of rotatable bonds is 7. The molecule has 2 rings (SSSR count). The van der Waals surface area contributed by atoms with E-state index in [-0.39, 0.29) is 6.10 Å². The number of piperazine rings is 1. The smallest absolute Gasteiger partial charge is 0.313 e. The highest BCUT2D eigenvalue weighted by molar-refractivity contribution is 6.39. The molecule has 2 N–H and O–H groups in total. The monoisotopic (exact) mass is 362 g/mol. The fourth-order valence-electron chi connectivity index (χ4n) is 2.68. The summed E-state index contributed by atoms with van der Waals surface area (Å²) in [6, 6.07) is 7.61. The second-order valence-corrected chi connectivity index (χ2v) is 6.82. The molecule has 1 aliphatic rings. The molecule has 0 atom stereocenters. The molecular formula is C19H30N4O3. The quantitative estimate of drug-likeness (QED) is 0.565. The molecule has 0 spiro atoms. The summed E-state index contributed by atoms with van der Waals surface area (Å²) in [5.41, 5.74) is 1.75. The minimum atomic E-state index is -0.651. The van der Waals surface area contributed by atoms with E-state index in [1.165, 1.54) is 0 Å². The highest BCUT2D eigenvalue weighted by Gasteiger charge is 2.15. The van der Waals surface area contributed by atoms with Crippen LogP contribution in [0.2, 0.25) is 0 Å². The van der Waals surface area contributed by atoms with Crippen molar-refractivity contribution in [2.45, 2.75) is 26.4 Å². The van der Waals surface area contributed by atoms with Crippen LogP contribution < -0.4 is 15.5 Å². The zero-order valence-corrected chi connectivity index (χ0v) is 16.0. The SMILES string of the molecule is CC(C)OCCCNC(=O)C(=O)Nc1ccc(N2CCN(C)CC2)cc1. The maximum Gasteiger partial charge on any atom is 0.313 e. The standard InChI is InChI=1S/C19H30N4O3/c1-15(2)26-14-4-9-20-18(24)19(25)21-16-5-7-17(8-6-16)23-12-10-22(3)11-13-23/h5-8,15H,4,9-14H2,1-3H3,(H,20,24)(H,21,25). The van der Waals surface area contributed by atoms with E-state index in [0.29, 0.717) is 25.3 Å². The second-order valence-electron chi connectivity index (χ2n) is 6.82. The lowest BCUT2D eigenvalue weighted by molar-refractivity contribution is -0.136. The van der Waals surface area contributed by atoms with E-state index in [4.69, 9.17) is 4.74 Å². The molecule has 1 heterocycles. The van der Waals surface area contributed by atoms with Gasteiger partial charge in [0.2, 0.25) is 0 Å². The summed E-state index contributed by atoms with van der Waals surface area (Å²) in [5, 5.41) is 5.23. The van der Waals surface area contributed by atoms with Crippen LogP contribution in [0.25, 0.3) is 0 Å². The molecule has 1 aromatic rings. The van der Waals surface area contributed by atoms with Gasteiger partial charge in [-0.1, -0.05) is 0 Å². The predicted octanol–water partition coefficient (Wildman–Crippen LogP) is 1.31. The molecular weight excluding hydrogens is 332 g/mol. The Hall–Kier alpha value is -2.12. The average Bonchev–Trinajstić information content (AvgIpc) is 2.62. The van der Waals surface area contributed by atoms with Gasteiger partial charge in [-0.2, -0.15) is 0 Å². The van der Waals surface area contributed by atoms with E-state index in [2.05, 4.69) is 27.5 Å². The number of benzene rings is 1. The number of ether oxygens (including phenoxy) is 1. The van der Waals surface area contributed by atoms with Crippen molar-refractivity contribution >= 4 is 23.2 Å². The molecule has 26 heavy (non-hydrogen) atoms. The number of nitrogens with zero attached hydrogens (tertiary/aromatic N) is 2. The molecule has 0 bridgehead atoms. The van der Waals surface area contributed by atoms with Crippen LogP contribution in [0.5, 0.6) is 0 Å². The number of carbonyl (C=O) groups excluding carboxylic acids is 2. The van der Waals surface area contributed by atoms with Crippen LogP contribution >= 0.6 is 0 Å². The maximum absolute atomic E-state index is 11.9. The van der Waals surface area contributed by atoms with Crippen molar-refractivity contribution < 1.29 is 14.3 Å². The summed E-state index contributed by atoms with van der Waals surface area (Å²) < 4.78 is 5.39. The van der Waals surface area contributed by atoms with Crippen LogP contribution in [0.3, 0.4) is 0 Å². The molecule has 0 aromatic heterocycles. The topological polar surface area (TPSA) is 73.9 Å². The molecule has 1 aliphatic heterocycles. The minimum Gasteiger partial charge on any atom is -0.379 e. The third-order valence-corrected chi connectivity index (χ3v) is 4.26. The van der Waals surface area contributed by atoms with Gasteiger partial charge in [-0.3, -0.25) is 9.59 Å². The molecule has 0 unspecified atom stereocenters. The van der Waals surface area contributed by atoms with Crippen LogP contribution in [0.4, 0.5) is 11.4 Å². The zero-order chi connectivity index (χ0) is 18.9. The Morgan fingerprint density at radius 1 is 1.08 bits per heavy atom. The molecule has 7 heteroatoms. The molecule has 0 aliphatic carbocycles. The van der Waals surface area contributed by atoms with Crippen molar-refractivity contribution in [3.8, 4) is 0 Å². The van der Waals surface area contributed by atoms with Gasteiger partial charge in [-0.05, 0) is 51.6 Å². The molecule has 7 nitrogen and oxygen atoms in total. The molecule has 1 saturated heterocycles. The van der Waals surface area contributed by atoms with E-state index in [9.17, 15) is 9.59 Å². The molecule has 1 aromatic carbocycles. The summed E-state index contributed by atoms with van der Waals surface area (Å²) in [7, 11) is 2.12. The van der Waals surface area contributed by atoms with Crippen LogP contribution in [-0.2, 0) is 14.3 Å². The first-order valence-electron chi connectivity index (χ1n) is 9.20. The fraction of sp³-hybridized carbons (Fsp3) is 0.579. The van der Waals surface area contributed by atoms with Gasteiger partial charge in [0.25, 0.3) is 0 Å². The Bertz CT molecular complexity index is 581. The van der Waals surface area contributed by atoms with Gasteiger partial charge in [0, 0.05) is 50.7 Å². The Kier molecular flexibility index (Phi) is 7.87. The van der Waals surface area contributed by atoms with E-state index in [0.717, 1.165) is 31.9 Å². The highest BCUT2D eigenvalue weighted by Crippen LogP contribution is 2.19. The predicted molar refractivity (Wildman–Crippen MR) is 103 cm³/mol. The summed E-state index contributed by atoms with van der Waals surface area (Å²) in [4.78, 5) is 28.4. The number of hydrogen-bond acceptors (Lipinski definition) is 5. The summed E-state index contributed by atoms with van der Waals surface area (Å²) in [5.74, 6) is -1.28. The van der Waals surface area contributed by atoms with Crippen molar-refractivity contribution in [2.75, 3.05) is 56.6 Å². The number of amides is 2. The van der Waals surface area contributed by atoms with Crippen molar-refractivity contribution in [2.24, 2.45) is 0 Å². The third kappa shape index (κ3) is 6.65. The number of carbonyl (C=O) groups is 2. The van der Waals surface area contributed by atoms with Crippen LogP contribution in [0, 0.1) is 0 Å². The van der Waals surface area contributed by atoms with Gasteiger partial charge in [0.1, 0.15) is 0 Å². The summed E-state index contributed by atoms with van der Waals surface area (Å²) in [6.07, 6.45) is 0.847. The molecule has 144 valence electrons. The summed E-state index contributed by atoms with van der Waals surface area (Å²) >= 11 is 0. The molecule has 0 saturated carbocycles. The Morgan fingerprint density at radius 3 is 2.35 bits per heavy atom. The van der Waals surface area contributed by atoms with Gasteiger partial charge in [-0.25, -0.2) is 0 Å². The third-order valence-electron chi connectivity index (χ3n) is 4.26. The Morgan fingerprint density at radius 2 is 1.73 bits per heavy atom. The van der Waals surface area contributed by atoms with E-state index < -0.39 is 11.8 Å². The van der Waals surface area contributed by atoms with Crippen molar-refractivity contribution in [3.05, 3.63) is 24.3 Å². The van der Waals surface area contributed by atoms with E-state index in [1.807, 2.05) is 38.1 Å². The highest BCUT2D eigenvalue weighted by atomic mass is 16.5. The lowest BCUT2D eigenvalue weighted by atomic mass is 10.2. The van der Waals surface area contributed by atoms with Crippen molar-refractivity contribution in [1.82, 2.24) is 10.2 Å². The molecule has 2 amide bonds. The molecule has 0 radical (unpaired) electrons. The van der Waals surface area contributed by atoms with Gasteiger partial charge < -0.3 is 25.2 Å². The first-order valence-corrected chi connectivity index (χ1v) is 9.20. The molecule has 1 fully saturated rings. The maximum atomic E-state index is 11.9. The fourth-order valence-corrected chi connectivity index (χ4v) is 2.68. The first kappa shape index (κ1) is 20.2. The summed E-state index contributed by atoms with van der Waals surface area (Å²) in [6.45, 7) is 8.97. The normalized spacial score (nSPS) is 15.2. The average molecular weight is 362 g/mol. The van der Waals surface area contributed by atoms with Crippen molar-refractivity contribution in [3.63, 3.8) is 0 Å². The Labute approximate surface area is 155 Å². The number of likely N-dealkylation sites (N-methyl/N-ethyl adjacent to an activating group) is 1. The number of anilines is 2. The zero-order valence-electron chi connectivity index (χ0n) is 16.0. The Balaban J connectivity index is 1.73.